The molecule has 0 fully saturated rings. The Morgan fingerprint density at radius 3 is 2.94 bits per heavy atom. The van der Waals surface area contributed by atoms with Crippen molar-refractivity contribution in [2.24, 2.45) is 0 Å². The van der Waals surface area contributed by atoms with Gasteiger partial charge in [0.15, 0.2) is 5.84 Å². The van der Waals surface area contributed by atoms with Gasteiger partial charge in [-0.3, -0.25) is 5.41 Å². The Balaban J connectivity index is 2.19. The maximum Gasteiger partial charge on any atom is 0.286 e. The third-order valence-corrected chi connectivity index (χ3v) is 2.37. The number of nitrogens with one attached hydrogen (secondary N) is 2. The zero-order valence-corrected chi connectivity index (χ0v) is 9.95. The molecule has 2 N–H and O–H groups in total. The Kier molecular flexibility index (Phi) is 3.42. The van der Waals surface area contributed by atoms with Crippen LogP contribution in [-0.2, 0) is 0 Å². The lowest BCUT2D eigenvalue weighted by Crippen LogP contribution is -2.13. The minimum Gasteiger partial charge on any atom is -0.477 e. The zero-order valence-electron chi connectivity index (χ0n) is 9.20. The van der Waals surface area contributed by atoms with Crippen molar-refractivity contribution in [2.45, 2.75) is 0 Å². The van der Waals surface area contributed by atoms with Gasteiger partial charge in [0.2, 0.25) is 5.69 Å². The smallest absolute Gasteiger partial charge is 0.286 e. The van der Waals surface area contributed by atoms with Crippen LogP contribution in [0.1, 0.15) is 5.69 Å². The minimum absolute atomic E-state index is 0.0435. The van der Waals surface area contributed by atoms with Gasteiger partial charge in [-0.05, 0) is 28.5 Å². The van der Waals surface area contributed by atoms with Gasteiger partial charge in [-0.1, -0.05) is 11.6 Å². The number of anilines is 1. The first-order chi connectivity index (χ1) is 8.61. The van der Waals surface area contributed by atoms with Crippen LogP contribution >= 0.6 is 11.6 Å². The van der Waals surface area contributed by atoms with E-state index in [9.17, 15) is 4.39 Å². The van der Waals surface area contributed by atoms with Gasteiger partial charge < -0.3 is 10.1 Å². The lowest BCUT2D eigenvalue weighted by atomic mass is 10.3. The second-order valence-electron chi connectivity index (χ2n) is 3.25. The topological polar surface area (TPSA) is 84.0 Å². The van der Waals surface area contributed by atoms with E-state index in [0.717, 1.165) is 0 Å². The molecule has 0 bridgehead atoms. The zero-order chi connectivity index (χ0) is 13.1. The number of hydrogen-bond donors (Lipinski definition) is 2. The van der Waals surface area contributed by atoms with Gasteiger partial charge in [0.1, 0.15) is 5.82 Å². The normalized spacial score (nSPS) is 10.2. The maximum absolute atomic E-state index is 13.0. The lowest BCUT2D eigenvalue weighted by molar-refractivity contribution is 0.281. The molecule has 6 nitrogen and oxygen atoms in total. The first kappa shape index (κ1) is 12.3. The van der Waals surface area contributed by atoms with Crippen molar-refractivity contribution in [1.29, 1.82) is 5.41 Å². The van der Waals surface area contributed by atoms with Crippen molar-refractivity contribution in [3.05, 3.63) is 34.7 Å². The fourth-order valence-corrected chi connectivity index (χ4v) is 1.43. The molecule has 2 aromatic rings. The number of amidine groups is 1. The molecule has 8 heteroatoms. The molecule has 1 heterocycles. The Labute approximate surface area is 106 Å². The molecule has 0 aliphatic carbocycles. The SMILES string of the molecule is COc1nonc1C(=N)Nc1ccc(F)c(Cl)c1. The second kappa shape index (κ2) is 5.01. The molecule has 18 heavy (non-hydrogen) atoms. The summed E-state index contributed by atoms with van der Waals surface area (Å²) in [5.74, 6) is -0.550. The van der Waals surface area contributed by atoms with E-state index in [0.29, 0.717) is 5.69 Å². The highest BCUT2D eigenvalue weighted by molar-refractivity contribution is 6.31. The number of halogens is 2. The molecule has 1 aromatic carbocycles. The molecule has 0 spiro atoms. The number of hydrogen-bond acceptors (Lipinski definition) is 5. The molecule has 0 amide bonds. The van der Waals surface area contributed by atoms with Crippen LogP contribution in [0.3, 0.4) is 0 Å². The highest BCUT2D eigenvalue weighted by Gasteiger charge is 2.16. The predicted molar refractivity (Wildman–Crippen MR) is 62.7 cm³/mol. The third kappa shape index (κ3) is 2.40. The van der Waals surface area contributed by atoms with Gasteiger partial charge in [-0.25, -0.2) is 9.02 Å². The molecule has 0 saturated carbocycles. The molecule has 2 rings (SSSR count). The van der Waals surface area contributed by atoms with Gasteiger partial charge in [0.25, 0.3) is 5.88 Å². The average Bonchev–Trinajstić information content (AvgIpc) is 2.82. The summed E-state index contributed by atoms with van der Waals surface area (Å²) in [5, 5.41) is 17.4. The summed E-state index contributed by atoms with van der Waals surface area (Å²) in [7, 11) is 1.38. The van der Waals surface area contributed by atoms with Crippen molar-refractivity contribution >= 4 is 23.1 Å². The van der Waals surface area contributed by atoms with E-state index < -0.39 is 5.82 Å². The van der Waals surface area contributed by atoms with Gasteiger partial charge >= 0.3 is 0 Å². The van der Waals surface area contributed by atoms with Gasteiger partial charge in [-0.2, -0.15) is 0 Å². The van der Waals surface area contributed by atoms with Crippen LogP contribution in [-0.4, -0.2) is 23.3 Å². The minimum atomic E-state index is -0.533. The number of rotatable bonds is 3. The molecule has 0 aliphatic rings. The van der Waals surface area contributed by atoms with E-state index in [1.54, 1.807) is 0 Å². The Morgan fingerprint density at radius 1 is 1.50 bits per heavy atom. The summed E-state index contributed by atoms with van der Waals surface area (Å²) in [5.41, 5.74) is 0.550. The van der Waals surface area contributed by atoms with Crippen molar-refractivity contribution < 1.29 is 13.8 Å². The standard InChI is InChI=1S/C10H8ClFN4O2/c1-17-10-8(15-18-16-10)9(13)14-5-2-3-7(12)6(11)4-5/h2-4H,1H3,(H2,13,14). The van der Waals surface area contributed by atoms with Crippen molar-refractivity contribution in [2.75, 3.05) is 12.4 Å². The van der Waals surface area contributed by atoms with Crippen molar-refractivity contribution in [1.82, 2.24) is 10.3 Å². The summed E-state index contributed by atoms with van der Waals surface area (Å²) < 4.78 is 22.3. The summed E-state index contributed by atoms with van der Waals surface area (Å²) in [4.78, 5) is 0. The first-order valence-electron chi connectivity index (χ1n) is 4.79. The molecular formula is C10H8ClFN4O2. The van der Waals surface area contributed by atoms with E-state index in [1.165, 1.54) is 25.3 Å². The third-order valence-electron chi connectivity index (χ3n) is 2.08. The number of methoxy groups -OCH3 is 1. The Morgan fingerprint density at radius 2 is 2.28 bits per heavy atom. The summed E-state index contributed by atoms with van der Waals surface area (Å²) in [6.45, 7) is 0. The number of aromatic nitrogens is 2. The quantitative estimate of drug-likeness (QED) is 0.660. The highest BCUT2D eigenvalue weighted by atomic mass is 35.5. The number of ether oxygens (including phenoxy) is 1. The highest BCUT2D eigenvalue weighted by Crippen LogP contribution is 2.20. The average molecular weight is 271 g/mol. The van der Waals surface area contributed by atoms with E-state index in [4.69, 9.17) is 21.7 Å². The van der Waals surface area contributed by atoms with Gasteiger partial charge in [0.05, 0.1) is 12.1 Å². The maximum atomic E-state index is 13.0. The van der Waals surface area contributed by atoms with Crippen LogP contribution in [0.4, 0.5) is 10.1 Å². The molecule has 0 atom stereocenters. The summed E-state index contributed by atoms with van der Waals surface area (Å²) >= 11 is 5.62. The monoisotopic (exact) mass is 270 g/mol. The van der Waals surface area contributed by atoms with Crippen molar-refractivity contribution in [3.8, 4) is 5.88 Å². The molecule has 1 aromatic heterocycles. The van der Waals surface area contributed by atoms with Gasteiger partial charge in [-0.15, -0.1) is 0 Å². The van der Waals surface area contributed by atoms with Crippen LogP contribution in [0.15, 0.2) is 22.8 Å². The lowest BCUT2D eigenvalue weighted by Gasteiger charge is -2.06. The molecule has 94 valence electrons. The fourth-order valence-electron chi connectivity index (χ4n) is 1.24. The van der Waals surface area contributed by atoms with E-state index in [-0.39, 0.29) is 22.4 Å². The van der Waals surface area contributed by atoms with E-state index in [1.807, 2.05) is 0 Å². The van der Waals surface area contributed by atoms with Crippen LogP contribution in [0.5, 0.6) is 5.88 Å². The van der Waals surface area contributed by atoms with E-state index in [2.05, 4.69) is 20.3 Å². The van der Waals surface area contributed by atoms with Crippen LogP contribution in [0, 0.1) is 11.2 Å². The summed E-state index contributed by atoms with van der Waals surface area (Å²) in [6, 6.07) is 3.98. The Hall–Kier alpha value is -2.15. The molecule has 0 unspecified atom stereocenters. The first-order valence-corrected chi connectivity index (χ1v) is 5.17. The number of benzene rings is 1. The van der Waals surface area contributed by atoms with Crippen molar-refractivity contribution in [3.63, 3.8) is 0 Å². The largest absolute Gasteiger partial charge is 0.477 e. The molecular weight excluding hydrogens is 263 g/mol. The predicted octanol–water partition coefficient (Wildman–Crippen LogP) is 2.31. The molecule has 0 aliphatic heterocycles. The van der Waals surface area contributed by atoms with Crippen LogP contribution < -0.4 is 10.1 Å². The Bertz CT molecular complexity index is 587. The molecule has 0 saturated heterocycles. The molecule has 0 radical (unpaired) electrons. The van der Waals surface area contributed by atoms with Crippen LogP contribution in [0.25, 0.3) is 0 Å². The summed E-state index contributed by atoms with van der Waals surface area (Å²) in [6.07, 6.45) is 0. The fraction of sp³-hybridized carbons (Fsp3) is 0.100. The number of nitrogens with zero attached hydrogens (tertiary/aromatic N) is 2. The van der Waals surface area contributed by atoms with Gasteiger partial charge in [0, 0.05) is 5.69 Å². The van der Waals surface area contributed by atoms with E-state index >= 15 is 0 Å². The second-order valence-corrected chi connectivity index (χ2v) is 3.66. The van der Waals surface area contributed by atoms with Crippen LogP contribution in [0.2, 0.25) is 5.02 Å².